The van der Waals surface area contributed by atoms with Crippen LogP contribution in [0.5, 0.6) is 0 Å². The third-order valence-electron chi connectivity index (χ3n) is 2.62. The zero-order valence-electron chi connectivity index (χ0n) is 7.64. The highest BCUT2D eigenvalue weighted by atomic mass is 16.5. The Morgan fingerprint density at radius 2 is 2.57 bits per heavy atom. The number of carboxylic acids is 1. The smallest absolute Gasteiger partial charge is 0.320 e. The van der Waals surface area contributed by atoms with Crippen molar-refractivity contribution in [1.29, 1.82) is 0 Å². The van der Waals surface area contributed by atoms with Gasteiger partial charge in [-0.05, 0) is 25.3 Å². The van der Waals surface area contributed by atoms with Crippen molar-refractivity contribution < 1.29 is 14.4 Å². The summed E-state index contributed by atoms with van der Waals surface area (Å²) in [6.07, 6.45) is 4.80. The van der Waals surface area contributed by atoms with Crippen molar-refractivity contribution in [3.05, 3.63) is 18.0 Å². The summed E-state index contributed by atoms with van der Waals surface area (Å²) < 4.78 is 4.75. The molecule has 14 heavy (non-hydrogen) atoms. The molecule has 1 saturated heterocycles. The number of hydrogen-bond donors (Lipinski definition) is 2. The summed E-state index contributed by atoms with van der Waals surface area (Å²) in [5, 5.41) is 15.4. The molecule has 2 N–H and O–H groups in total. The van der Waals surface area contributed by atoms with Crippen molar-refractivity contribution in [1.82, 2.24) is 10.5 Å². The summed E-state index contributed by atoms with van der Waals surface area (Å²) in [6, 6.07) is -0.441. The molecule has 1 fully saturated rings. The lowest BCUT2D eigenvalue weighted by Crippen LogP contribution is -2.42. The maximum absolute atomic E-state index is 10.8. The summed E-state index contributed by atoms with van der Waals surface area (Å²) >= 11 is 0. The molecule has 1 aliphatic heterocycles. The van der Waals surface area contributed by atoms with E-state index in [1.165, 1.54) is 0 Å². The fourth-order valence-electron chi connectivity index (χ4n) is 1.82. The van der Waals surface area contributed by atoms with Gasteiger partial charge in [0.15, 0.2) is 0 Å². The third kappa shape index (κ3) is 1.77. The zero-order chi connectivity index (χ0) is 9.97. The number of carboxylic acid groups (broad SMARTS) is 1. The van der Waals surface area contributed by atoms with Crippen molar-refractivity contribution >= 4 is 5.97 Å². The Bertz CT molecular complexity index is 310. The van der Waals surface area contributed by atoms with E-state index < -0.39 is 12.0 Å². The first-order chi connectivity index (χ1) is 6.77. The highest BCUT2D eigenvalue weighted by Crippen LogP contribution is 2.27. The Labute approximate surface area is 81.1 Å². The lowest BCUT2D eigenvalue weighted by Gasteiger charge is -2.26. The normalized spacial score (nSPS) is 27.4. The minimum atomic E-state index is -0.786. The van der Waals surface area contributed by atoms with Gasteiger partial charge >= 0.3 is 5.97 Å². The van der Waals surface area contributed by atoms with Crippen molar-refractivity contribution in [3.63, 3.8) is 0 Å². The first-order valence-corrected chi connectivity index (χ1v) is 4.63. The second-order valence-electron chi connectivity index (χ2n) is 3.52. The molecule has 1 aliphatic rings. The summed E-state index contributed by atoms with van der Waals surface area (Å²) in [5.41, 5.74) is 0.998. The molecule has 2 rings (SSSR count). The van der Waals surface area contributed by atoms with Crippen LogP contribution in [-0.2, 0) is 4.79 Å². The molecule has 76 valence electrons. The predicted octanol–water partition coefficient (Wildman–Crippen LogP) is 0.595. The van der Waals surface area contributed by atoms with Crippen LogP contribution in [-0.4, -0.2) is 28.8 Å². The number of aliphatic carboxylic acids is 1. The fraction of sp³-hybridized carbons (Fsp3) is 0.556. The van der Waals surface area contributed by atoms with E-state index in [4.69, 9.17) is 9.63 Å². The Kier molecular flexibility index (Phi) is 2.49. The molecular formula is C9H12N2O3. The monoisotopic (exact) mass is 196 g/mol. The second kappa shape index (κ2) is 3.79. The van der Waals surface area contributed by atoms with E-state index in [9.17, 15) is 4.79 Å². The molecule has 0 radical (unpaired) electrons. The lowest BCUT2D eigenvalue weighted by atomic mass is 9.88. The van der Waals surface area contributed by atoms with Gasteiger partial charge in [0.1, 0.15) is 12.3 Å². The largest absolute Gasteiger partial charge is 0.480 e. The van der Waals surface area contributed by atoms with Gasteiger partial charge in [0, 0.05) is 5.56 Å². The number of piperidine rings is 1. The van der Waals surface area contributed by atoms with Gasteiger partial charge in [-0.3, -0.25) is 4.79 Å². The van der Waals surface area contributed by atoms with E-state index >= 15 is 0 Å². The van der Waals surface area contributed by atoms with Gasteiger partial charge in [-0.25, -0.2) is 0 Å². The van der Waals surface area contributed by atoms with E-state index in [2.05, 4.69) is 10.5 Å². The van der Waals surface area contributed by atoms with E-state index in [1.54, 1.807) is 12.5 Å². The topological polar surface area (TPSA) is 75.4 Å². The van der Waals surface area contributed by atoms with E-state index in [0.29, 0.717) is 6.42 Å². The molecule has 0 aromatic carbocycles. The van der Waals surface area contributed by atoms with Gasteiger partial charge in [-0.1, -0.05) is 5.16 Å². The van der Waals surface area contributed by atoms with Crippen LogP contribution in [0.2, 0.25) is 0 Å². The molecule has 2 heterocycles. The number of aromatic nitrogens is 1. The molecule has 5 heteroatoms. The van der Waals surface area contributed by atoms with Crippen LogP contribution in [0, 0.1) is 0 Å². The Hall–Kier alpha value is -1.36. The molecule has 0 amide bonds. The fourth-order valence-corrected chi connectivity index (χ4v) is 1.82. The van der Waals surface area contributed by atoms with Gasteiger partial charge in [0.25, 0.3) is 0 Å². The lowest BCUT2D eigenvalue weighted by molar-refractivity contribution is -0.140. The standard InChI is InChI=1S/C9H12N2O3/c12-9(13)8-3-6(1-2-10-8)7-4-11-14-5-7/h4-6,8,10H,1-3H2,(H,12,13). The summed E-state index contributed by atoms with van der Waals surface area (Å²) in [7, 11) is 0. The molecule has 2 unspecified atom stereocenters. The van der Waals surface area contributed by atoms with Crippen LogP contribution in [0.4, 0.5) is 0 Å². The molecule has 0 bridgehead atoms. The zero-order valence-corrected chi connectivity index (χ0v) is 7.64. The Morgan fingerprint density at radius 3 is 3.21 bits per heavy atom. The maximum Gasteiger partial charge on any atom is 0.320 e. The summed E-state index contributed by atoms with van der Waals surface area (Å²) in [4.78, 5) is 10.8. The van der Waals surface area contributed by atoms with E-state index in [-0.39, 0.29) is 5.92 Å². The maximum atomic E-state index is 10.8. The number of nitrogens with one attached hydrogen (secondary N) is 1. The first kappa shape index (κ1) is 9.21. The first-order valence-electron chi connectivity index (χ1n) is 4.63. The Balaban J connectivity index is 2.04. The number of carbonyl (C=O) groups is 1. The van der Waals surface area contributed by atoms with Gasteiger partial charge < -0.3 is 14.9 Å². The minimum absolute atomic E-state index is 0.253. The quantitative estimate of drug-likeness (QED) is 0.724. The molecule has 0 aliphatic carbocycles. The molecule has 0 spiro atoms. The van der Waals surface area contributed by atoms with Crippen LogP contribution >= 0.6 is 0 Å². The van der Waals surface area contributed by atoms with Crippen LogP contribution in [0.1, 0.15) is 24.3 Å². The average Bonchev–Trinajstić information content (AvgIpc) is 2.71. The minimum Gasteiger partial charge on any atom is -0.480 e. The SMILES string of the molecule is O=C(O)C1CC(c2cnoc2)CCN1. The average molecular weight is 196 g/mol. The number of nitrogens with zero attached hydrogens (tertiary/aromatic N) is 1. The van der Waals surface area contributed by atoms with Crippen LogP contribution in [0.25, 0.3) is 0 Å². The van der Waals surface area contributed by atoms with Gasteiger partial charge in [0.05, 0.1) is 6.20 Å². The molecule has 1 aromatic rings. The van der Waals surface area contributed by atoms with Gasteiger partial charge in [-0.2, -0.15) is 0 Å². The van der Waals surface area contributed by atoms with Crippen LogP contribution < -0.4 is 5.32 Å². The van der Waals surface area contributed by atoms with E-state index in [1.807, 2.05) is 0 Å². The van der Waals surface area contributed by atoms with Crippen molar-refractivity contribution in [3.8, 4) is 0 Å². The molecule has 0 saturated carbocycles. The summed E-state index contributed by atoms with van der Waals surface area (Å²) in [5.74, 6) is -0.533. The number of rotatable bonds is 2. The van der Waals surface area contributed by atoms with E-state index in [0.717, 1.165) is 18.5 Å². The molecule has 5 nitrogen and oxygen atoms in total. The Morgan fingerprint density at radius 1 is 1.71 bits per heavy atom. The van der Waals surface area contributed by atoms with Crippen molar-refractivity contribution in [2.75, 3.05) is 6.54 Å². The van der Waals surface area contributed by atoms with Gasteiger partial charge in [0.2, 0.25) is 0 Å². The van der Waals surface area contributed by atoms with Crippen LogP contribution in [0.15, 0.2) is 17.0 Å². The highest BCUT2D eigenvalue weighted by Gasteiger charge is 2.27. The molecule has 2 atom stereocenters. The molecular weight excluding hydrogens is 184 g/mol. The predicted molar refractivity (Wildman–Crippen MR) is 47.9 cm³/mol. The highest BCUT2D eigenvalue weighted by molar-refractivity contribution is 5.73. The second-order valence-corrected chi connectivity index (χ2v) is 3.52. The number of hydrogen-bond acceptors (Lipinski definition) is 4. The molecule has 1 aromatic heterocycles. The van der Waals surface area contributed by atoms with Crippen LogP contribution in [0.3, 0.4) is 0 Å². The van der Waals surface area contributed by atoms with Crippen molar-refractivity contribution in [2.24, 2.45) is 0 Å². The third-order valence-corrected chi connectivity index (χ3v) is 2.62. The van der Waals surface area contributed by atoms with Gasteiger partial charge in [-0.15, -0.1) is 0 Å². The van der Waals surface area contributed by atoms with Crippen molar-refractivity contribution in [2.45, 2.75) is 24.8 Å². The summed E-state index contributed by atoms with van der Waals surface area (Å²) in [6.45, 7) is 0.729.